The molecule has 0 amide bonds. The van der Waals surface area contributed by atoms with Crippen molar-refractivity contribution in [1.82, 2.24) is 0 Å². The largest absolute Gasteiger partial charge is 0.393 e. The number of hydrogen-bond acceptors (Lipinski definition) is 2. The van der Waals surface area contributed by atoms with Crippen LogP contribution in [-0.4, -0.2) is 17.3 Å². The molecule has 1 atom stereocenters. The Balaban J connectivity index is 2.49. The summed E-state index contributed by atoms with van der Waals surface area (Å²) >= 11 is 0. The third-order valence-corrected chi connectivity index (χ3v) is 3.43. The number of hydrogen-bond donors (Lipinski definition) is 2. The van der Waals surface area contributed by atoms with E-state index in [1.165, 1.54) is 0 Å². The molecule has 1 saturated carbocycles. The van der Waals surface area contributed by atoms with Gasteiger partial charge in [0.25, 0.3) is 0 Å². The van der Waals surface area contributed by atoms with Gasteiger partial charge in [-0.15, -0.1) is 0 Å². The molecule has 0 aromatic heterocycles. The molecule has 3 N–H and O–H groups in total. The molecule has 2 nitrogen and oxygen atoms in total. The minimum Gasteiger partial charge on any atom is -0.393 e. The second-order valence-corrected chi connectivity index (χ2v) is 4.40. The summed E-state index contributed by atoms with van der Waals surface area (Å²) in [6, 6.07) is 0.310. The van der Waals surface area contributed by atoms with Crippen LogP contribution in [0.15, 0.2) is 0 Å². The van der Waals surface area contributed by atoms with Crippen LogP contribution in [0.1, 0.15) is 46.0 Å². The van der Waals surface area contributed by atoms with E-state index >= 15 is 0 Å². The maximum atomic E-state index is 9.36. The molecule has 0 heterocycles. The molecule has 72 valence electrons. The van der Waals surface area contributed by atoms with Crippen molar-refractivity contribution >= 4 is 0 Å². The summed E-state index contributed by atoms with van der Waals surface area (Å²) in [5, 5.41) is 9.36. The molecular weight excluding hydrogens is 150 g/mol. The first-order chi connectivity index (χ1) is 5.58. The van der Waals surface area contributed by atoms with Crippen LogP contribution < -0.4 is 5.73 Å². The van der Waals surface area contributed by atoms with Gasteiger partial charge in [-0.1, -0.05) is 13.8 Å². The zero-order valence-electron chi connectivity index (χ0n) is 8.21. The number of aliphatic hydroxyl groups is 1. The maximum absolute atomic E-state index is 9.36. The number of rotatable bonds is 2. The third-order valence-electron chi connectivity index (χ3n) is 3.43. The van der Waals surface area contributed by atoms with E-state index in [4.69, 9.17) is 5.73 Å². The lowest BCUT2D eigenvalue weighted by molar-refractivity contribution is 0.0569. The minimum atomic E-state index is -0.0675. The molecule has 1 fully saturated rings. The SMILES string of the molecule is CCC(N)C1(C)CCC(O)CC1. The van der Waals surface area contributed by atoms with Gasteiger partial charge in [0.15, 0.2) is 0 Å². The number of nitrogens with two attached hydrogens (primary N) is 1. The summed E-state index contributed by atoms with van der Waals surface area (Å²) in [5.41, 5.74) is 6.33. The smallest absolute Gasteiger partial charge is 0.0540 e. The monoisotopic (exact) mass is 171 g/mol. The van der Waals surface area contributed by atoms with E-state index in [2.05, 4.69) is 13.8 Å². The minimum absolute atomic E-state index is 0.0675. The standard InChI is InChI=1S/C10H21NO/c1-3-9(11)10(2)6-4-8(12)5-7-10/h8-9,12H,3-7,11H2,1-2H3. The lowest BCUT2D eigenvalue weighted by Crippen LogP contribution is -2.42. The zero-order chi connectivity index (χ0) is 9.19. The fraction of sp³-hybridized carbons (Fsp3) is 1.00. The van der Waals surface area contributed by atoms with Crippen LogP contribution in [0.25, 0.3) is 0 Å². The van der Waals surface area contributed by atoms with Crippen molar-refractivity contribution in [2.75, 3.05) is 0 Å². The molecule has 1 aliphatic rings. The van der Waals surface area contributed by atoms with Gasteiger partial charge in [0.05, 0.1) is 6.10 Å². The average molecular weight is 171 g/mol. The zero-order valence-corrected chi connectivity index (χ0v) is 8.21. The van der Waals surface area contributed by atoms with E-state index in [0.29, 0.717) is 6.04 Å². The van der Waals surface area contributed by atoms with Crippen molar-refractivity contribution < 1.29 is 5.11 Å². The second kappa shape index (κ2) is 3.75. The van der Waals surface area contributed by atoms with Gasteiger partial charge >= 0.3 is 0 Å². The van der Waals surface area contributed by atoms with E-state index in [9.17, 15) is 5.11 Å². The second-order valence-electron chi connectivity index (χ2n) is 4.40. The molecule has 2 heteroatoms. The summed E-state index contributed by atoms with van der Waals surface area (Å²) in [6.45, 7) is 4.40. The van der Waals surface area contributed by atoms with Crippen molar-refractivity contribution in [3.63, 3.8) is 0 Å². The van der Waals surface area contributed by atoms with Crippen LogP contribution in [0.2, 0.25) is 0 Å². The quantitative estimate of drug-likeness (QED) is 0.664. The summed E-state index contributed by atoms with van der Waals surface area (Å²) in [7, 11) is 0. The molecule has 0 spiro atoms. The van der Waals surface area contributed by atoms with Gasteiger partial charge in [0.1, 0.15) is 0 Å². The molecule has 0 saturated heterocycles. The highest BCUT2D eigenvalue weighted by atomic mass is 16.3. The summed E-state index contributed by atoms with van der Waals surface area (Å²) in [4.78, 5) is 0. The average Bonchev–Trinajstić information content (AvgIpc) is 2.09. The molecule has 12 heavy (non-hydrogen) atoms. The first-order valence-corrected chi connectivity index (χ1v) is 5.02. The van der Waals surface area contributed by atoms with Gasteiger partial charge < -0.3 is 10.8 Å². The summed E-state index contributed by atoms with van der Waals surface area (Å²) in [5.74, 6) is 0. The predicted molar refractivity (Wildman–Crippen MR) is 50.8 cm³/mol. The molecule has 1 rings (SSSR count). The Morgan fingerprint density at radius 3 is 2.42 bits per heavy atom. The summed E-state index contributed by atoms with van der Waals surface area (Å²) < 4.78 is 0. The Labute approximate surface area is 75.2 Å². The first-order valence-electron chi connectivity index (χ1n) is 5.02. The van der Waals surface area contributed by atoms with Crippen LogP contribution in [0.4, 0.5) is 0 Å². The lowest BCUT2D eigenvalue weighted by Gasteiger charge is -2.40. The van der Waals surface area contributed by atoms with Gasteiger partial charge in [-0.25, -0.2) is 0 Å². The lowest BCUT2D eigenvalue weighted by atomic mass is 9.69. The molecule has 0 bridgehead atoms. The van der Waals surface area contributed by atoms with E-state index in [-0.39, 0.29) is 11.5 Å². The van der Waals surface area contributed by atoms with Gasteiger partial charge in [-0.05, 0) is 37.5 Å². The van der Waals surface area contributed by atoms with Crippen molar-refractivity contribution in [3.05, 3.63) is 0 Å². The normalized spacial score (nSPS) is 39.5. The Kier molecular flexibility index (Phi) is 3.13. The van der Waals surface area contributed by atoms with E-state index in [1.807, 2.05) is 0 Å². The molecule has 1 unspecified atom stereocenters. The van der Waals surface area contributed by atoms with Crippen molar-refractivity contribution in [2.45, 2.75) is 58.1 Å². The van der Waals surface area contributed by atoms with E-state index < -0.39 is 0 Å². The Morgan fingerprint density at radius 2 is 2.00 bits per heavy atom. The fourth-order valence-corrected chi connectivity index (χ4v) is 2.13. The van der Waals surface area contributed by atoms with Gasteiger partial charge in [-0.3, -0.25) is 0 Å². The first kappa shape index (κ1) is 10.0. The number of aliphatic hydroxyl groups excluding tert-OH is 1. The highest BCUT2D eigenvalue weighted by Crippen LogP contribution is 2.38. The van der Waals surface area contributed by atoms with Crippen molar-refractivity contribution in [3.8, 4) is 0 Å². The Morgan fingerprint density at radius 1 is 1.50 bits per heavy atom. The maximum Gasteiger partial charge on any atom is 0.0540 e. The van der Waals surface area contributed by atoms with Crippen LogP contribution in [0.5, 0.6) is 0 Å². The topological polar surface area (TPSA) is 46.2 Å². The van der Waals surface area contributed by atoms with Gasteiger partial charge in [0, 0.05) is 6.04 Å². The van der Waals surface area contributed by atoms with Crippen LogP contribution in [-0.2, 0) is 0 Å². The van der Waals surface area contributed by atoms with Gasteiger partial charge in [-0.2, -0.15) is 0 Å². The highest BCUT2D eigenvalue weighted by Gasteiger charge is 2.34. The Hall–Kier alpha value is -0.0800. The van der Waals surface area contributed by atoms with Crippen molar-refractivity contribution in [2.24, 2.45) is 11.1 Å². The Bertz CT molecular complexity index is 139. The van der Waals surface area contributed by atoms with Crippen LogP contribution in [0, 0.1) is 5.41 Å². The molecule has 0 radical (unpaired) electrons. The van der Waals surface area contributed by atoms with E-state index in [0.717, 1.165) is 32.1 Å². The van der Waals surface area contributed by atoms with E-state index in [1.54, 1.807) is 0 Å². The molecule has 0 aromatic rings. The third kappa shape index (κ3) is 1.99. The summed E-state index contributed by atoms with van der Waals surface area (Å²) in [6.07, 6.45) is 5.02. The van der Waals surface area contributed by atoms with Gasteiger partial charge in [0.2, 0.25) is 0 Å². The molecule has 1 aliphatic carbocycles. The molecule has 0 aromatic carbocycles. The van der Waals surface area contributed by atoms with Crippen molar-refractivity contribution in [1.29, 1.82) is 0 Å². The molecule has 0 aliphatic heterocycles. The predicted octanol–water partition coefficient (Wildman–Crippen LogP) is 1.66. The molecular formula is C10H21NO. The van der Waals surface area contributed by atoms with Crippen LogP contribution in [0.3, 0.4) is 0 Å². The fourth-order valence-electron chi connectivity index (χ4n) is 2.13. The highest BCUT2D eigenvalue weighted by molar-refractivity contribution is 4.89. The van der Waals surface area contributed by atoms with Crippen LogP contribution >= 0.6 is 0 Å².